The van der Waals surface area contributed by atoms with E-state index in [1.54, 1.807) is 20.8 Å². The van der Waals surface area contributed by atoms with Crippen molar-refractivity contribution in [1.29, 1.82) is 0 Å². The molecule has 1 aromatic carbocycles. The van der Waals surface area contributed by atoms with Crippen LogP contribution in [0.25, 0.3) is 0 Å². The minimum absolute atomic E-state index is 0.127. The molecule has 136 valence electrons. The zero-order valence-corrected chi connectivity index (χ0v) is 14.7. The van der Waals surface area contributed by atoms with Crippen molar-refractivity contribution in [3.05, 3.63) is 23.8 Å². The van der Waals surface area contributed by atoms with Crippen LogP contribution in [0.2, 0.25) is 0 Å². The zero-order valence-electron chi connectivity index (χ0n) is 13.9. The molecule has 0 bridgehead atoms. The van der Waals surface area contributed by atoms with E-state index in [1.165, 1.54) is 0 Å². The van der Waals surface area contributed by atoms with Gasteiger partial charge in [0.25, 0.3) is 0 Å². The first kappa shape index (κ1) is 20.2. The van der Waals surface area contributed by atoms with E-state index in [4.69, 9.17) is 4.74 Å². The molecule has 10 heteroatoms. The molecule has 0 spiro atoms. The SMILES string of the molecule is CN(C)S(=O)(=O)c1cc(NC(=O)OC(C)(C)C)ccc1C(F)(F)F. The van der Waals surface area contributed by atoms with E-state index in [9.17, 15) is 26.4 Å². The molecule has 0 saturated heterocycles. The van der Waals surface area contributed by atoms with Crippen molar-refractivity contribution in [2.75, 3.05) is 19.4 Å². The summed E-state index contributed by atoms with van der Waals surface area (Å²) in [6, 6.07) is 2.31. The van der Waals surface area contributed by atoms with Gasteiger partial charge in [-0.3, -0.25) is 5.32 Å². The van der Waals surface area contributed by atoms with E-state index in [0.717, 1.165) is 26.2 Å². The summed E-state index contributed by atoms with van der Waals surface area (Å²) in [7, 11) is -2.13. The minimum Gasteiger partial charge on any atom is -0.444 e. The fourth-order valence-corrected chi connectivity index (χ4v) is 2.80. The highest BCUT2D eigenvalue weighted by Crippen LogP contribution is 2.36. The van der Waals surface area contributed by atoms with Gasteiger partial charge in [0.15, 0.2) is 0 Å². The zero-order chi connectivity index (χ0) is 18.9. The average Bonchev–Trinajstić information content (AvgIpc) is 2.34. The number of ether oxygens (including phenoxy) is 1. The minimum atomic E-state index is -4.86. The molecule has 1 N–H and O–H groups in total. The fraction of sp³-hybridized carbons (Fsp3) is 0.500. The highest BCUT2D eigenvalue weighted by molar-refractivity contribution is 7.89. The predicted molar refractivity (Wildman–Crippen MR) is 82.2 cm³/mol. The van der Waals surface area contributed by atoms with Crippen LogP contribution in [-0.2, 0) is 20.9 Å². The fourth-order valence-electron chi connectivity index (χ4n) is 1.67. The quantitative estimate of drug-likeness (QED) is 0.888. The third-order valence-electron chi connectivity index (χ3n) is 2.69. The molecule has 0 aliphatic heterocycles. The second kappa shape index (κ2) is 6.60. The average molecular weight is 368 g/mol. The van der Waals surface area contributed by atoms with Crippen molar-refractivity contribution in [2.45, 2.75) is 37.4 Å². The Kier molecular flexibility index (Phi) is 5.56. The van der Waals surface area contributed by atoms with Crippen LogP contribution in [0.5, 0.6) is 0 Å². The lowest BCUT2D eigenvalue weighted by Gasteiger charge is -2.21. The van der Waals surface area contributed by atoms with Crippen molar-refractivity contribution in [2.24, 2.45) is 0 Å². The van der Waals surface area contributed by atoms with Gasteiger partial charge in [-0.05, 0) is 39.0 Å². The van der Waals surface area contributed by atoms with Gasteiger partial charge in [-0.25, -0.2) is 17.5 Å². The van der Waals surface area contributed by atoms with Crippen LogP contribution in [0, 0.1) is 0 Å². The van der Waals surface area contributed by atoms with Crippen molar-refractivity contribution in [3.8, 4) is 0 Å². The molecule has 1 aromatic rings. The molecule has 0 atom stereocenters. The Morgan fingerprint density at radius 3 is 2.12 bits per heavy atom. The maximum Gasteiger partial charge on any atom is 0.417 e. The second-order valence-electron chi connectivity index (χ2n) is 6.12. The number of alkyl halides is 3. The molecule has 6 nitrogen and oxygen atoms in total. The Morgan fingerprint density at radius 2 is 1.71 bits per heavy atom. The number of hydrogen-bond acceptors (Lipinski definition) is 4. The van der Waals surface area contributed by atoms with E-state index >= 15 is 0 Å². The Labute approximate surface area is 138 Å². The number of carbonyl (C=O) groups is 1. The van der Waals surface area contributed by atoms with E-state index in [0.29, 0.717) is 10.4 Å². The van der Waals surface area contributed by atoms with Crippen LogP contribution in [0.15, 0.2) is 23.1 Å². The summed E-state index contributed by atoms with van der Waals surface area (Å²) in [5, 5.41) is 2.22. The Balaban J connectivity index is 3.33. The molecule has 0 heterocycles. The van der Waals surface area contributed by atoms with Gasteiger partial charge in [-0.2, -0.15) is 13.2 Å². The lowest BCUT2D eigenvalue weighted by atomic mass is 10.2. The van der Waals surface area contributed by atoms with Crippen LogP contribution in [0.4, 0.5) is 23.7 Å². The highest BCUT2D eigenvalue weighted by atomic mass is 32.2. The third-order valence-corrected chi connectivity index (χ3v) is 4.55. The Morgan fingerprint density at radius 1 is 1.17 bits per heavy atom. The summed E-state index contributed by atoms with van der Waals surface area (Å²) >= 11 is 0. The van der Waals surface area contributed by atoms with Crippen molar-refractivity contribution < 1.29 is 31.1 Å². The predicted octanol–water partition coefficient (Wildman–Crippen LogP) is 3.30. The summed E-state index contributed by atoms with van der Waals surface area (Å²) in [4.78, 5) is 10.7. The monoisotopic (exact) mass is 368 g/mol. The van der Waals surface area contributed by atoms with Gasteiger partial charge in [0, 0.05) is 19.8 Å². The molecule has 1 amide bonds. The van der Waals surface area contributed by atoms with E-state index in [-0.39, 0.29) is 5.69 Å². The maximum atomic E-state index is 13.1. The molecular weight excluding hydrogens is 349 g/mol. The number of nitrogens with one attached hydrogen (secondary N) is 1. The van der Waals surface area contributed by atoms with Crippen LogP contribution in [-0.4, -0.2) is 38.5 Å². The maximum absolute atomic E-state index is 13.1. The van der Waals surface area contributed by atoms with Gasteiger partial charge in [0.1, 0.15) is 5.60 Å². The molecule has 0 saturated carbocycles. The first-order chi connectivity index (χ1) is 10.6. The number of hydrogen-bond donors (Lipinski definition) is 1. The number of rotatable bonds is 3. The molecule has 0 radical (unpaired) electrons. The second-order valence-corrected chi connectivity index (χ2v) is 8.24. The molecule has 1 rings (SSSR count). The topological polar surface area (TPSA) is 75.7 Å². The molecular formula is C14H19F3N2O4S. The number of benzene rings is 1. The van der Waals surface area contributed by atoms with Crippen molar-refractivity contribution in [1.82, 2.24) is 4.31 Å². The lowest BCUT2D eigenvalue weighted by Crippen LogP contribution is -2.28. The van der Waals surface area contributed by atoms with Crippen LogP contribution >= 0.6 is 0 Å². The first-order valence-electron chi connectivity index (χ1n) is 6.78. The van der Waals surface area contributed by atoms with Gasteiger partial charge in [0.2, 0.25) is 10.0 Å². The molecule has 0 fully saturated rings. The molecule has 0 aliphatic carbocycles. The summed E-state index contributed by atoms with van der Waals surface area (Å²) in [6.07, 6.45) is -5.77. The summed E-state index contributed by atoms with van der Waals surface area (Å²) in [5.41, 5.74) is -2.25. The normalized spacial score (nSPS) is 13.0. The largest absolute Gasteiger partial charge is 0.444 e. The number of carbonyl (C=O) groups excluding carboxylic acids is 1. The lowest BCUT2D eigenvalue weighted by molar-refractivity contribution is -0.139. The van der Waals surface area contributed by atoms with E-state index < -0.39 is 38.4 Å². The smallest absolute Gasteiger partial charge is 0.417 e. The van der Waals surface area contributed by atoms with Gasteiger partial charge < -0.3 is 4.74 Å². The molecule has 0 aliphatic rings. The standard InChI is InChI=1S/C14H19F3N2O4S/c1-13(2,3)23-12(20)18-9-6-7-10(14(15,16)17)11(8-9)24(21,22)19(4)5/h6-8H,1-5H3,(H,18,20). The van der Waals surface area contributed by atoms with Gasteiger partial charge in [-0.15, -0.1) is 0 Å². The van der Waals surface area contributed by atoms with Crippen molar-refractivity contribution >= 4 is 21.8 Å². The summed E-state index contributed by atoms with van der Waals surface area (Å²) < 4.78 is 69.1. The number of sulfonamides is 1. The number of nitrogens with zero attached hydrogens (tertiary/aromatic N) is 1. The third kappa shape index (κ3) is 5.10. The summed E-state index contributed by atoms with van der Waals surface area (Å²) in [5.74, 6) is 0. The van der Waals surface area contributed by atoms with E-state index in [1.807, 2.05) is 0 Å². The van der Waals surface area contributed by atoms with Gasteiger partial charge in [-0.1, -0.05) is 0 Å². The molecule has 0 unspecified atom stereocenters. The van der Waals surface area contributed by atoms with Crippen molar-refractivity contribution in [3.63, 3.8) is 0 Å². The van der Waals surface area contributed by atoms with Crippen LogP contribution in [0.1, 0.15) is 26.3 Å². The van der Waals surface area contributed by atoms with Crippen LogP contribution in [0.3, 0.4) is 0 Å². The Hall–Kier alpha value is -1.81. The van der Waals surface area contributed by atoms with Gasteiger partial charge >= 0.3 is 12.3 Å². The first-order valence-corrected chi connectivity index (χ1v) is 8.22. The Bertz CT molecular complexity index is 723. The number of amides is 1. The number of anilines is 1. The number of halogens is 3. The molecule has 0 aromatic heterocycles. The molecule has 24 heavy (non-hydrogen) atoms. The van der Waals surface area contributed by atoms with Gasteiger partial charge in [0.05, 0.1) is 10.5 Å². The summed E-state index contributed by atoms with van der Waals surface area (Å²) in [6.45, 7) is 4.84. The highest BCUT2D eigenvalue weighted by Gasteiger charge is 2.38. The van der Waals surface area contributed by atoms with Crippen LogP contribution < -0.4 is 5.32 Å². The van der Waals surface area contributed by atoms with E-state index in [2.05, 4.69) is 5.32 Å².